The van der Waals surface area contributed by atoms with E-state index in [1.807, 2.05) is 58.0 Å². The molecule has 3 aromatic carbocycles. The van der Waals surface area contributed by atoms with Crippen LogP contribution in [-0.4, -0.2) is 85.5 Å². The third-order valence-corrected chi connectivity index (χ3v) is 7.87. The summed E-state index contributed by atoms with van der Waals surface area (Å²) in [5, 5.41) is 3.14. The molecule has 0 atom stereocenters. The third kappa shape index (κ3) is 8.69. The van der Waals surface area contributed by atoms with Crippen LogP contribution in [0.3, 0.4) is 0 Å². The molecule has 0 unspecified atom stereocenters. The molecule has 2 heterocycles. The Hall–Kier alpha value is -4.94. The maximum Gasteiger partial charge on any atom is 0.425 e. The predicted octanol–water partition coefficient (Wildman–Crippen LogP) is 6.74. The quantitative estimate of drug-likeness (QED) is 0.176. The second-order valence-electron chi connectivity index (χ2n) is 11.9. The van der Waals surface area contributed by atoms with Crippen LogP contribution in [0.15, 0.2) is 66.9 Å². The molecule has 1 aromatic heterocycles. The Morgan fingerprint density at radius 2 is 1.73 bits per heavy atom. The van der Waals surface area contributed by atoms with E-state index >= 15 is 0 Å². The van der Waals surface area contributed by atoms with Crippen molar-refractivity contribution in [3.05, 3.63) is 83.8 Å². The number of aromatic nitrogens is 2. The summed E-state index contributed by atoms with van der Waals surface area (Å²) < 4.78 is 37.7. The highest BCUT2D eigenvalue weighted by atomic mass is 19.1. The van der Waals surface area contributed by atoms with Crippen LogP contribution in [0.5, 0.6) is 23.1 Å². The van der Waals surface area contributed by atoms with E-state index in [-0.39, 0.29) is 23.7 Å². The number of ether oxygens (including phenoxy) is 4. The lowest BCUT2D eigenvalue weighted by Gasteiger charge is -2.32. The molecule has 4 aromatic rings. The molecule has 1 fully saturated rings. The number of methoxy groups -OCH3 is 1. The van der Waals surface area contributed by atoms with Gasteiger partial charge in [-0.25, -0.2) is 19.1 Å². The standard InChI is InChI=1S/C36H43FN6O5/c1-24(2)47-31-22-27(37)10-12-29(31)43(34-25(3)8-7-9-26(34)4)36(44)48-33-14-15-38-35(40-33)39-28-11-13-30(32(23-28)45-6)46-21-20-42-18-16-41(5)17-19-42/h7-15,22-24H,16-21H2,1-6H3,(H,38,39,40). The first-order valence-corrected chi connectivity index (χ1v) is 16.0. The molecule has 0 bridgehead atoms. The molecular weight excluding hydrogens is 615 g/mol. The number of piperazine rings is 1. The van der Waals surface area contributed by atoms with E-state index in [0.717, 1.165) is 43.9 Å². The van der Waals surface area contributed by atoms with Crippen molar-refractivity contribution in [1.82, 2.24) is 19.8 Å². The lowest BCUT2D eigenvalue weighted by atomic mass is 10.1. The molecule has 0 spiro atoms. The first-order chi connectivity index (χ1) is 23.1. The van der Waals surface area contributed by atoms with Crippen molar-refractivity contribution in [1.29, 1.82) is 0 Å². The topological polar surface area (TPSA) is 102 Å². The summed E-state index contributed by atoms with van der Waals surface area (Å²) in [6.45, 7) is 13.0. The van der Waals surface area contributed by atoms with E-state index in [4.69, 9.17) is 18.9 Å². The van der Waals surface area contributed by atoms with E-state index in [9.17, 15) is 9.18 Å². The molecule has 1 aliphatic rings. The van der Waals surface area contributed by atoms with Crippen LogP contribution >= 0.6 is 0 Å². The molecule has 0 radical (unpaired) electrons. The number of carbonyl (C=O) groups is 1. The Morgan fingerprint density at radius 1 is 0.979 bits per heavy atom. The van der Waals surface area contributed by atoms with Crippen LogP contribution in [0.1, 0.15) is 25.0 Å². The van der Waals surface area contributed by atoms with E-state index < -0.39 is 11.9 Å². The Labute approximate surface area is 281 Å². The molecule has 254 valence electrons. The van der Waals surface area contributed by atoms with Crippen LogP contribution in [0, 0.1) is 19.7 Å². The summed E-state index contributed by atoms with van der Waals surface area (Å²) in [6, 6.07) is 16.7. The molecule has 11 nitrogen and oxygen atoms in total. The smallest absolute Gasteiger partial charge is 0.425 e. The van der Waals surface area contributed by atoms with Gasteiger partial charge in [0.2, 0.25) is 11.8 Å². The molecule has 1 amide bonds. The predicted molar refractivity (Wildman–Crippen MR) is 184 cm³/mol. The molecular formula is C36H43FN6O5. The number of anilines is 4. The van der Waals surface area contributed by atoms with Crippen LogP contribution in [0.2, 0.25) is 0 Å². The highest BCUT2D eigenvalue weighted by molar-refractivity contribution is 6.00. The molecule has 1 N–H and O–H groups in total. The summed E-state index contributed by atoms with van der Waals surface area (Å²) in [4.78, 5) is 28.8. The lowest BCUT2D eigenvalue weighted by molar-refractivity contribution is 0.133. The van der Waals surface area contributed by atoms with Crippen molar-refractivity contribution >= 4 is 29.1 Å². The molecule has 5 rings (SSSR count). The van der Waals surface area contributed by atoms with E-state index in [1.54, 1.807) is 13.2 Å². The SMILES string of the molecule is COc1cc(Nc2nccc(OC(=O)N(c3ccc(F)cc3OC(C)C)c3c(C)cccc3C)n2)ccc1OCCN1CCN(C)CC1. The number of para-hydroxylation sites is 1. The fraction of sp³-hybridized carbons (Fsp3) is 0.361. The lowest BCUT2D eigenvalue weighted by Crippen LogP contribution is -2.45. The molecule has 48 heavy (non-hydrogen) atoms. The van der Waals surface area contributed by atoms with Gasteiger partial charge in [0.15, 0.2) is 11.5 Å². The van der Waals surface area contributed by atoms with Crippen LogP contribution in [0.25, 0.3) is 0 Å². The summed E-state index contributed by atoms with van der Waals surface area (Å²) in [5.41, 5.74) is 3.21. The zero-order valence-electron chi connectivity index (χ0n) is 28.3. The number of nitrogens with zero attached hydrogens (tertiary/aromatic N) is 5. The monoisotopic (exact) mass is 658 g/mol. The van der Waals surface area contributed by atoms with Gasteiger partial charge in [0.05, 0.1) is 24.6 Å². The first-order valence-electron chi connectivity index (χ1n) is 16.0. The van der Waals surface area contributed by atoms with Crippen LogP contribution in [-0.2, 0) is 0 Å². The van der Waals surface area contributed by atoms with Gasteiger partial charge in [0, 0.05) is 62.8 Å². The maximum absolute atomic E-state index is 14.3. The molecule has 1 aliphatic heterocycles. The van der Waals surface area contributed by atoms with Gasteiger partial charge in [-0.05, 0) is 70.1 Å². The van der Waals surface area contributed by atoms with E-state index in [1.165, 1.54) is 35.4 Å². The second-order valence-corrected chi connectivity index (χ2v) is 11.9. The van der Waals surface area contributed by atoms with Gasteiger partial charge in [-0.2, -0.15) is 4.98 Å². The zero-order valence-corrected chi connectivity index (χ0v) is 28.3. The molecule has 0 aliphatic carbocycles. The first kappa shape index (κ1) is 34.4. The fourth-order valence-electron chi connectivity index (χ4n) is 5.43. The Bertz CT molecular complexity index is 1690. The molecule has 0 saturated carbocycles. The van der Waals surface area contributed by atoms with Gasteiger partial charge in [0.1, 0.15) is 18.2 Å². The number of nitrogens with one attached hydrogen (secondary N) is 1. The van der Waals surface area contributed by atoms with Gasteiger partial charge in [-0.15, -0.1) is 0 Å². The van der Waals surface area contributed by atoms with Gasteiger partial charge < -0.3 is 29.2 Å². The van der Waals surface area contributed by atoms with Crippen molar-refractivity contribution in [3.63, 3.8) is 0 Å². The highest BCUT2D eigenvalue weighted by Gasteiger charge is 2.28. The van der Waals surface area contributed by atoms with Gasteiger partial charge in [-0.3, -0.25) is 4.90 Å². The Balaban J connectivity index is 1.33. The average molecular weight is 659 g/mol. The van der Waals surface area contributed by atoms with Crippen molar-refractivity contribution in [3.8, 4) is 23.1 Å². The number of benzene rings is 3. The van der Waals surface area contributed by atoms with Gasteiger partial charge >= 0.3 is 6.09 Å². The molecule has 12 heteroatoms. The number of carbonyl (C=O) groups excluding carboxylic acids is 1. The van der Waals surface area contributed by atoms with E-state index in [0.29, 0.717) is 35.2 Å². The number of rotatable bonds is 12. The zero-order chi connectivity index (χ0) is 34.2. The largest absolute Gasteiger partial charge is 0.493 e. The minimum absolute atomic E-state index is 0.0120. The van der Waals surface area contributed by atoms with Crippen LogP contribution in [0.4, 0.5) is 32.2 Å². The number of likely N-dealkylation sites (N-methyl/N-ethyl adjacent to an activating group) is 1. The van der Waals surface area contributed by atoms with Crippen molar-refractivity contribution < 1.29 is 28.1 Å². The van der Waals surface area contributed by atoms with Gasteiger partial charge in [-0.1, -0.05) is 18.2 Å². The highest BCUT2D eigenvalue weighted by Crippen LogP contribution is 2.39. The van der Waals surface area contributed by atoms with Crippen molar-refractivity contribution in [2.75, 3.05) is 63.7 Å². The summed E-state index contributed by atoms with van der Waals surface area (Å²) in [6.07, 6.45) is 0.467. The van der Waals surface area contributed by atoms with E-state index in [2.05, 4.69) is 32.1 Å². The van der Waals surface area contributed by atoms with Crippen molar-refractivity contribution in [2.24, 2.45) is 0 Å². The second kappa shape index (κ2) is 15.8. The third-order valence-electron chi connectivity index (χ3n) is 7.87. The molecule has 1 saturated heterocycles. The minimum atomic E-state index is -0.753. The van der Waals surface area contributed by atoms with Crippen LogP contribution < -0.4 is 29.2 Å². The van der Waals surface area contributed by atoms with Gasteiger partial charge in [0.25, 0.3) is 0 Å². The summed E-state index contributed by atoms with van der Waals surface area (Å²) in [5.74, 6) is 1.12. The van der Waals surface area contributed by atoms with Crippen molar-refractivity contribution in [2.45, 2.75) is 33.8 Å². The fourth-order valence-corrected chi connectivity index (χ4v) is 5.43. The normalized spacial score (nSPS) is 13.7. The summed E-state index contributed by atoms with van der Waals surface area (Å²) >= 11 is 0. The number of aryl methyl sites for hydroxylation is 2. The number of hydrogen-bond acceptors (Lipinski definition) is 10. The Morgan fingerprint density at radius 3 is 2.44 bits per heavy atom. The number of halogens is 1. The Kier molecular flexibility index (Phi) is 11.3. The average Bonchev–Trinajstić information content (AvgIpc) is 3.05. The maximum atomic E-state index is 14.3. The number of amides is 1. The summed E-state index contributed by atoms with van der Waals surface area (Å²) in [7, 11) is 3.72. The minimum Gasteiger partial charge on any atom is -0.493 e. The number of hydrogen-bond donors (Lipinski definition) is 1.